The van der Waals surface area contributed by atoms with E-state index < -0.39 is 35.8 Å². The number of imide groups is 1. The van der Waals surface area contributed by atoms with Gasteiger partial charge in [0, 0.05) is 11.6 Å². The number of carbonyl (C=O) groups is 4. The van der Waals surface area contributed by atoms with Crippen molar-refractivity contribution in [2.75, 3.05) is 20.8 Å². The van der Waals surface area contributed by atoms with E-state index in [-0.39, 0.29) is 5.56 Å². The van der Waals surface area contributed by atoms with Gasteiger partial charge >= 0.3 is 6.03 Å². The van der Waals surface area contributed by atoms with Crippen LogP contribution < -0.4 is 25.6 Å². The van der Waals surface area contributed by atoms with Crippen molar-refractivity contribution in [2.24, 2.45) is 0 Å². The Morgan fingerprint density at radius 1 is 0.914 bits per heavy atom. The Morgan fingerprint density at radius 3 is 2.23 bits per heavy atom. The van der Waals surface area contributed by atoms with Gasteiger partial charge in [-0.05, 0) is 41.5 Å². The fourth-order valence-corrected chi connectivity index (χ4v) is 3.86. The monoisotopic (exact) mass is 476 g/mol. The summed E-state index contributed by atoms with van der Waals surface area (Å²) in [5.74, 6) is -1.16. The molecule has 0 saturated carbocycles. The van der Waals surface area contributed by atoms with Crippen molar-refractivity contribution in [2.45, 2.75) is 12.5 Å². The van der Waals surface area contributed by atoms with Crippen LogP contribution >= 0.6 is 0 Å². The molecule has 1 fully saturated rings. The molecule has 0 radical (unpaired) electrons. The van der Waals surface area contributed by atoms with Gasteiger partial charge in [-0.2, -0.15) is 0 Å². The zero-order valence-corrected chi connectivity index (χ0v) is 19.4. The number of urea groups is 1. The number of hydrogen-bond acceptors (Lipinski definition) is 6. The lowest BCUT2D eigenvalue weighted by atomic mass is 9.90. The van der Waals surface area contributed by atoms with Crippen molar-refractivity contribution in [1.82, 2.24) is 21.1 Å². The summed E-state index contributed by atoms with van der Waals surface area (Å²) in [6, 6.07) is 17.0. The Hall–Kier alpha value is -4.60. The van der Waals surface area contributed by atoms with E-state index in [1.54, 1.807) is 19.1 Å². The molecule has 1 unspecified atom stereocenters. The van der Waals surface area contributed by atoms with Crippen LogP contribution in [0.4, 0.5) is 4.79 Å². The van der Waals surface area contributed by atoms with Crippen LogP contribution in [0.2, 0.25) is 0 Å². The van der Waals surface area contributed by atoms with E-state index in [4.69, 9.17) is 9.47 Å². The lowest BCUT2D eigenvalue weighted by Gasteiger charge is -2.22. The van der Waals surface area contributed by atoms with Crippen LogP contribution in [0.1, 0.15) is 22.8 Å². The molecule has 5 amide bonds. The number of amides is 5. The number of ether oxygens (including phenoxy) is 2. The van der Waals surface area contributed by atoms with Gasteiger partial charge < -0.3 is 14.8 Å². The highest BCUT2D eigenvalue weighted by molar-refractivity contribution is 6.09. The predicted molar refractivity (Wildman–Crippen MR) is 127 cm³/mol. The molecule has 0 spiro atoms. The lowest BCUT2D eigenvalue weighted by molar-refractivity contribution is -0.135. The van der Waals surface area contributed by atoms with Crippen LogP contribution in [0.3, 0.4) is 0 Å². The zero-order chi connectivity index (χ0) is 25.2. The van der Waals surface area contributed by atoms with Gasteiger partial charge in [0.2, 0.25) is 0 Å². The summed E-state index contributed by atoms with van der Waals surface area (Å²) in [6.07, 6.45) is 0. The lowest BCUT2D eigenvalue weighted by Crippen LogP contribution is -2.48. The van der Waals surface area contributed by atoms with E-state index in [0.717, 1.165) is 15.7 Å². The molecule has 4 rings (SSSR count). The summed E-state index contributed by atoms with van der Waals surface area (Å²) in [6.45, 7) is 1.02. The molecule has 3 aromatic carbocycles. The standard InChI is InChI=1S/C25H24N4O6/c1-25(18-9-8-15-6-4-5-7-16(15)10-18)23(32)29(24(33)26-25)14-21(30)27-28-22(31)17-11-19(34-2)13-20(12-17)35-3/h4-13H,14H2,1-3H3,(H,26,33)(H,27,30)(H,28,31). The molecule has 0 aromatic heterocycles. The number of carbonyl (C=O) groups excluding carboxylic acids is 4. The van der Waals surface area contributed by atoms with E-state index in [1.807, 2.05) is 36.4 Å². The highest BCUT2D eigenvalue weighted by atomic mass is 16.5. The Bertz CT molecular complexity index is 1320. The molecule has 1 saturated heterocycles. The molecule has 35 heavy (non-hydrogen) atoms. The summed E-state index contributed by atoms with van der Waals surface area (Å²) in [4.78, 5) is 51.4. The fraction of sp³-hybridized carbons (Fsp3) is 0.200. The number of fused-ring (bicyclic) bond motifs is 1. The van der Waals surface area contributed by atoms with Crippen LogP contribution in [-0.2, 0) is 15.1 Å². The molecule has 0 bridgehead atoms. The minimum Gasteiger partial charge on any atom is -0.497 e. The summed E-state index contributed by atoms with van der Waals surface area (Å²) < 4.78 is 10.3. The third-order valence-corrected chi connectivity index (χ3v) is 5.83. The van der Waals surface area contributed by atoms with Crippen molar-refractivity contribution < 1.29 is 28.7 Å². The predicted octanol–water partition coefficient (Wildman–Crippen LogP) is 2.09. The Morgan fingerprint density at radius 2 is 1.57 bits per heavy atom. The van der Waals surface area contributed by atoms with Crippen molar-refractivity contribution in [1.29, 1.82) is 0 Å². The summed E-state index contributed by atoms with van der Waals surface area (Å²) in [5, 5.41) is 4.59. The average molecular weight is 476 g/mol. The van der Waals surface area contributed by atoms with Gasteiger partial charge in [-0.3, -0.25) is 30.1 Å². The van der Waals surface area contributed by atoms with Gasteiger partial charge in [0.15, 0.2) is 0 Å². The van der Waals surface area contributed by atoms with Crippen LogP contribution in [0, 0.1) is 0 Å². The maximum atomic E-state index is 13.2. The quantitative estimate of drug-likeness (QED) is 0.370. The third kappa shape index (κ3) is 4.58. The first-order chi connectivity index (χ1) is 16.7. The Kier molecular flexibility index (Phi) is 6.28. The number of methoxy groups -OCH3 is 2. The van der Waals surface area contributed by atoms with Gasteiger partial charge in [0.05, 0.1) is 14.2 Å². The second-order valence-corrected chi connectivity index (χ2v) is 8.11. The maximum Gasteiger partial charge on any atom is 0.325 e. The van der Waals surface area contributed by atoms with E-state index >= 15 is 0 Å². The second kappa shape index (κ2) is 9.34. The number of hydrazine groups is 1. The van der Waals surface area contributed by atoms with E-state index in [1.165, 1.54) is 26.4 Å². The molecule has 1 aliphatic rings. The van der Waals surface area contributed by atoms with Crippen molar-refractivity contribution >= 4 is 34.5 Å². The summed E-state index contributed by atoms with van der Waals surface area (Å²) in [7, 11) is 2.89. The molecule has 0 aliphatic carbocycles. The van der Waals surface area contributed by atoms with E-state index in [2.05, 4.69) is 16.2 Å². The Balaban J connectivity index is 1.43. The first-order valence-electron chi connectivity index (χ1n) is 10.7. The van der Waals surface area contributed by atoms with Gasteiger partial charge in [-0.25, -0.2) is 4.79 Å². The topological polar surface area (TPSA) is 126 Å². The second-order valence-electron chi connectivity index (χ2n) is 8.11. The van der Waals surface area contributed by atoms with E-state index in [9.17, 15) is 19.2 Å². The number of nitrogens with zero attached hydrogens (tertiary/aromatic N) is 1. The molecular weight excluding hydrogens is 452 g/mol. The fourth-order valence-electron chi connectivity index (χ4n) is 3.86. The number of hydrogen-bond donors (Lipinski definition) is 3. The molecule has 180 valence electrons. The van der Waals surface area contributed by atoms with Crippen molar-refractivity contribution in [3.63, 3.8) is 0 Å². The largest absolute Gasteiger partial charge is 0.497 e. The molecule has 1 aliphatic heterocycles. The molecule has 10 nitrogen and oxygen atoms in total. The normalized spacial score (nSPS) is 17.2. The highest BCUT2D eigenvalue weighted by Crippen LogP contribution is 2.31. The van der Waals surface area contributed by atoms with Gasteiger partial charge in [0.25, 0.3) is 17.7 Å². The summed E-state index contributed by atoms with van der Waals surface area (Å²) >= 11 is 0. The maximum absolute atomic E-state index is 13.2. The number of benzene rings is 3. The number of rotatable bonds is 6. The molecule has 3 aromatic rings. The van der Waals surface area contributed by atoms with Crippen LogP contribution in [-0.4, -0.2) is 49.4 Å². The highest BCUT2D eigenvalue weighted by Gasteiger charge is 2.49. The minimum atomic E-state index is -1.33. The van der Waals surface area contributed by atoms with Gasteiger partial charge in [-0.1, -0.05) is 36.4 Å². The third-order valence-electron chi connectivity index (χ3n) is 5.83. The van der Waals surface area contributed by atoms with Gasteiger partial charge in [-0.15, -0.1) is 0 Å². The molecule has 10 heteroatoms. The molecule has 1 atom stereocenters. The molecular formula is C25H24N4O6. The van der Waals surface area contributed by atoms with Crippen LogP contribution in [0.25, 0.3) is 10.8 Å². The SMILES string of the molecule is COc1cc(OC)cc(C(=O)NNC(=O)CN2C(=O)NC(C)(c3ccc4ccccc4c3)C2=O)c1. The Labute approximate surface area is 201 Å². The number of nitrogens with one attached hydrogen (secondary N) is 3. The first-order valence-corrected chi connectivity index (χ1v) is 10.7. The molecule has 1 heterocycles. The van der Waals surface area contributed by atoms with Gasteiger partial charge in [0.1, 0.15) is 23.6 Å². The smallest absolute Gasteiger partial charge is 0.325 e. The first kappa shape index (κ1) is 23.6. The minimum absolute atomic E-state index is 0.181. The van der Waals surface area contributed by atoms with Crippen molar-refractivity contribution in [3.8, 4) is 11.5 Å². The zero-order valence-electron chi connectivity index (χ0n) is 19.4. The average Bonchev–Trinajstić information content (AvgIpc) is 3.10. The van der Waals surface area contributed by atoms with E-state index in [0.29, 0.717) is 17.1 Å². The summed E-state index contributed by atoms with van der Waals surface area (Å²) in [5.41, 5.74) is 3.92. The van der Waals surface area contributed by atoms with Crippen LogP contribution in [0.15, 0.2) is 60.7 Å². The molecule has 3 N–H and O–H groups in total. The van der Waals surface area contributed by atoms with Crippen molar-refractivity contribution in [3.05, 3.63) is 71.8 Å². The van der Waals surface area contributed by atoms with Crippen LogP contribution in [0.5, 0.6) is 11.5 Å².